The smallest absolute Gasteiger partial charge is 0.261 e. The van der Waals surface area contributed by atoms with Crippen molar-refractivity contribution in [2.75, 3.05) is 32.7 Å². The van der Waals surface area contributed by atoms with Gasteiger partial charge in [-0.15, -0.1) is 0 Å². The first-order valence-electron chi connectivity index (χ1n) is 11.0. The normalized spacial score (nSPS) is 16.8. The van der Waals surface area contributed by atoms with Gasteiger partial charge in [-0.2, -0.15) is 0 Å². The van der Waals surface area contributed by atoms with Gasteiger partial charge in [0.2, 0.25) is 5.91 Å². The molecule has 0 spiro atoms. The quantitative estimate of drug-likeness (QED) is 0.644. The Morgan fingerprint density at radius 1 is 1.00 bits per heavy atom. The summed E-state index contributed by atoms with van der Waals surface area (Å²) in [5.41, 5.74) is 1.10. The second-order valence-electron chi connectivity index (χ2n) is 7.95. The van der Waals surface area contributed by atoms with Gasteiger partial charge in [0, 0.05) is 44.2 Å². The summed E-state index contributed by atoms with van der Waals surface area (Å²) in [5.74, 6) is -0.625. The molecular weight excluding hydrogens is 382 g/mol. The lowest BCUT2D eigenvalue weighted by atomic mass is 9.94. The number of carbonyl (C=O) groups excluding carboxylic acids is 4. The first kappa shape index (κ1) is 22.0. The van der Waals surface area contributed by atoms with Crippen molar-refractivity contribution in [2.24, 2.45) is 5.92 Å². The van der Waals surface area contributed by atoms with E-state index in [1.807, 2.05) is 25.7 Å². The SMILES string of the molecule is CCCCN1C(=O)c2ccc(C(=O)N3CCC(C(=O)N(CC)CC)CC3)cc2C1=O. The summed E-state index contributed by atoms with van der Waals surface area (Å²) >= 11 is 0. The number of likely N-dealkylation sites (tertiary alicyclic amines) is 1. The minimum atomic E-state index is -0.318. The lowest BCUT2D eigenvalue weighted by Crippen LogP contribution is -2.44. The number of benzene rings is 1. The van der Waals surface area contributed by atoms with E-state index in [0.29, 0.717) is 62.3 Å². The maximum absolute atomic E-state index is 13.0. The van der Waals surface area contributed by atoms with Gasteiger partial charge in [-0.05, 0) is 51.3 Å². The second-order valence-corrected chi connectivity index (χ2v) is 7.95. The number of nitrogens with zero attached hydrogens (tertiary/aromatic N) is 3. The van der Waals surface area contributed by atoms with E-state index in [4.69, 9.17) is 0 Å². The molecule has 1 aromatic rings. The molecule has 0 aliphatic carbocycles. The third-order valence-electron chi connectivity index (χ3n) is 6.16. The number of fused-ring (bicyclic) bond motifs is 1. The molecule has 0 saturated carbocycles. The van der Waals surface area contributed by atoms with E-state index in [2.05, 4.69) is 0 Å². The Kier molecular flexibility index (Phi) is 6.90. The van der Waals surface area contributed by atoms with E-state index in [9.17, 15) is 19.2 Å². The summed E-state index contributed by atoms with van der Waals surface area (Å²) in [6.07, 6.45) is 2.95. The number of hydrogen-bond donors (Lipinski definition) is 0. The minimum Gasteiger partial charge on any atom is -0.343 e. The van der Waals surface area contributed by atoms with Crippen molar-refractivity contribution in [2.45, 2.75) is 46.5 Å². The van der Waals surface area contributed by atoms with Crippen LogP contribution in [0.15, 0.2) is 18.2 Å². The summed E-state index contributed by atoms with van der Waals surface area (Å²) < 4.78 is 0. The molecule has 0 unspecified atom stereocenters. The predicted molar refractivity (Wildman–Crippen MR) is 113 cm³/mol. The first-order chi connectivity index (χ1) is 14.4. The van der Waals surface area contributed by atoms with Crippen molar-refractivity contribution in [3.8, 4) is 0 Å². The van der Waals surface area contributed by atoms with Gasteiger partial charge >= 0.3 is 0 Å². The standard InChI is InChI=1S/C23H31N3O4/c1-4-7-12-26-22(29)18-9-8-17(15-19(18)23(26)30)21(28)25-13-10-16(11-14-25)20(27)24(5-2)6-3/h8-9,15-16H,4-7,10-14H2,1-3H3. The van der Waals surface area contributed by atoms with Gasteiger partial charge in [-0.1, -0.05) is 13.3 Å². The van der Waals surface area contributed by atoms with Crippen molar-refractivity contribution >= 4 is 23.6 Å². The van der Waals surface area contributed by atoms with E-state index in [1.54, 1.807) is 23.1 Å². The fourth-order valence-corrected chi connectivity index (χ4v) is 4.25. The fraction of sp³-hybridized carbons (Fsp3) is 0.565. The summed E-state index contributed by atoms with van der Waals surface area (Å²) in [4.78, 5) is 55.5. The van der Waals surface area contributed by atoms with Crippen LogP contribution in [0.3, 0.4) is 0 Å². The maximum atomic E-state index is 13.0. The molecule has 1 aromatic carbocycles. The highest BCUT2D eigenvalue weighted by atomic mass is 16.2. The van der Waals surface area contributed by atoms with Crippen LogP contribution in [-0.2, 0) is 4.79 Å². The monoisotopic (exact) mass is 413 g/mol. The zero-order valence-corrected chi connectivity index (χ0v) is 18.1. The lowest BCUT2D eigenvalue weighted by Gasteiger charge is -2.33. The Labute approximate surface area is 178 Å². The Morgan fingerprint density at radius 3 is 2.23 bits per heavy atom. The van der Waals surface area contributed by atoms with Gasteiger partial charge in [-0.3, -0.25) is 24.1 Å². The van der Waals surface area contributed by atoms with Gasteiger partial charge in [0.1, 0.15) is 0 Å². The zero-order valence-electron chi connectivity index (χ0n) is 18.1. The molecule has 30 heavy (non-hydrogen) atoms. The number of hydrogen-bond acceptors (Lipinski definition) is 4. The molecule has 0 aromatic heterocycles. The number of piperidine rings is 1. The minimum absolute atomic E-state index is 0.0414. The molecule has 162 valence electrons. The molecule has 0 N–H and O–H groups in total. The van der Waals surface area contributed by atoms with E-state index in [0.717, 1.165) is 12.8 Å². The van der Waals surface area contributed by atoms with Crippen molar-refractivity contribution in [3.63, 3.8) is 0 Å². The third kappa shape index (κ3) is 4.11. The van der Waals surface area contributed by atoms with Crippen molar-refractivity contribution in [1.29, 1.82) is 0 Å². The summed E-state index contributed by atoms with van der Waals surface area (Å²) in [6, 6.07) is 4.77. The molecule has 0 atom stereocenters. The Bertz CT molecular complexity index is 839. The average Bonchev–Trinajstić information content (AvgIpc) is 3.01. The van der Waals surface area contributed by atoms with Crippen LogP contribution in [0.5, 0.6) is 0 Å². The van der Waals surface area contributed by atoms with Gasteiger partial charge in [0.05, 0.1) is 11.1 Å². The molecule has 2 aliphatic rings. The van der Waals surface area contributed by atoms with Gasteiger partial charge in [0.15, 0.2) is 0 Å². The molecule has 7 nitrogen and oxygen atoms in total. The molecule has 1 fully saturated rings. The van der Waals surface area contributed by atoms with Crippen molar-refractivity contribution in [1.82, 2.24) is 14.7 Å². The molecular formula is C23H31N3O4. The van der Waals surface area contributed by atoms with Crippen LogP contribution in [0.2, 0.25) is 0 Å². The third-order valence-corrected chi connectivity index (χ3v) is 6.16. The van der Waals surface area contributed by atoms with E-state index >= 15 is 0 Å². The Morgan fingerprint density at radius 2 is 1.63 bits per heavy atom. The largest absolute Gasteiger partial charge is 0.343 e. The molecule has 0 radical (unpaired) electrons. The molecule has 1 saturated heterocycles. The van der Waals surface area contributed by atoms with Crippen LogP contribution in [0.25, 0.3) is 0 Å². The van der Waals surface area contributed by atoms with Crippen LogP contribution in [-0.4, -0.2) is 71.1 Å². The van der Waals surface area contributed by atoms with Crippen LogP contribution in [0.1, 0.15) is 77.5 Å². The molecule has 4 amide bonds. The van der Waals surface area contributed by atoms with Gasteiger partial charge < -0.3 is 9.80 Å². The van der Waals surface area contributed by atoms with E-state index < -0.39 is 0 Å². The van der Waals surface area contributed by atoms with E-state index in [-0.39, 0.29) is 29.5 Å². The molecule has 2 heterocycles. The number of amides is 4. The Hall–Kier alpha value is -2.70. The highest BCUT2D eigenvalue weighted by molar-refractivity contribution is 6.22. The maximum Gasteiger partial charge on any atom is 0.261 e. The molecule has 3 rings (SSSR count). The topological polar surface area (TPSA) is 78.0 Å². The number of rotatable bonds is 7. The van der Waals surface area contributed by atoms with Crippen LogP contribution in [0, 0.1) is 5.92 Å². The van der Waals surface area contributed by atoms with Crippen molar-refractivity contribution < 1.29 is 19.2 Å². The number of unbranched alkanes of at least 4 members (excludes halogenated alkanes) is 1. The van der Waals surface area contributed by atoms with Gasteiger partial charge in [-0.25, -0.2) is 0 Å². The van der Waals surface area contributed by atoms with Crippen LogP contribution < -0.4 is 0 Å². The van der Waals surface area contributed by atoms with Crippen LogP contribution >= 0.6 is 0 Å². The lowest BCUT2D eigenvalue weighted by molar-refractivity contribution is -0.136. The first-order valence-corrected chi connectivity index (χ1v) is 11.0. The molecule has 2 aliphatic heterocycles. The predicted octanol–water partition coefficient (Wildman–Crippen LogP) is 2.80. The number of carbonyl (C=O) groups is 4. The highest BCUT2D eigenvalue weighted by Crippen LogP contribution is 2.26. The van der Waals surface area contributed by atoms with Gasteiger partial charge in [0.25, 0.3) is 17.7 Å². The molecule has 7 heteroatoms. The summed E-state index contributed by atoms with van der Waals surface area (Å²) in [6.45, 7) is 8.80. The second kappa shape index (κ2) is 9.41. The fourth-order valence-electron chi connectivity index (χ4n) is 4.25. The highest BCUT2D eigenvalue weighted by Gasteiger charge is 2.36. The van der Waals surface area contributed by atoms with E-state index in [1.165, 1.54) is 4.90 Å². The number of imide groups is 1. The average molecular weight is 414 g/mol. The van der Waals surface area contributed by atoms with Crippen molar-refractivity contribution in [3.05, 3.63) is 34.9 Å². The summed E-state index contributed by atoms with van der Waals surface area (Å²) in [7, 11) is 0. The zero-order chi connectivity index (χ0) is 21.8. The molecule has 0 bridgehead atoms. The van der Waals surface area contributed by atoms with Crippen LogP contribution in [0.4, 0.5) is 0 Å². The summed E-state index contributed by atoms with van der Waals surface area (Å²) in [5, 5.41) is 0. The Balaban J connectivity index is 1.67.